The molecular formula is C14H24N4O. The predicted octanol–water partition coefficient (Wildman–Crippen LogP) is 0.479. The molecule has 1 amide bonds. The normalized spacial score (nSPS) is 32.5. The Kier molecular flexibility index (Phi) is 5.17. The summed E-state index contributed by atoms with van der Waals surface area (Å²) < 4.78 is 0. The van der Waals surface area contributed by atoms with Gasteiger partial charge in [-0.05, 0) is 31.6 Å². The summed E-state index contributed by atoms with van der Waals surface area (Å²) >= 11 is 0. The molecule has 5 nitrogen and oxygen atoms in total. The van der Waals surface area contributed by atoms with E-state index in [0.717, 1.165) is 31.8 Å². The highest BCUT2D eigenvalue weighted by molar-refractivity contribution is 5.78. The van der Waals surface area contributed by atoms with Crippen molar-refractivity contribution in [2.75, 3.05) is 26.2 Å². The van der Waals surface area contributed by atoms with Crippen molar-refractivity contribution in [1.29, 1.82) is 5.26 Å². The number of rotatable bonds is 3. The zero-order valence-corrected chi connectivity index (χ0v) is 11.7. The Hall–Kier alpha value is -1.12. The fourth-order valence-electron chi connectivity index (χ4n) is 2.93. The van der Waals surface area contributed by atoms with Crippen LogP contribution in [0.25, 0.3) is 0 Å². The summed E-state index contributed by atoms with van der Waals surface area (Å²) in [6.45, 7) is 4.91. The number of hydrogen-bond acceptors (Lipinski definition) is 4. The van der Waals surface area contributed by atoms with E-state index >= 15 is 0 Å². The van der Waals surface area contributed by atoms with E-state index in [2.05, 4.69) is 23.6 Å². The molecule has 1 atom stereocenters. The summed E-state index contributed by atoms with van der Waals surface area (Å²) in [4.78, 5) is 14.0. The van der Waals surface area contributed by atoms with Crippen LogP contribution < -0.4 is 10.6 Å². The van der Waals surface area contributed by atoms with Crippen LogP contribution in [0.2, 0.25) is 0 Å². The van der Waals surface area contributed by atoms with E-state index in [1.165, 1.54) is 12.8 Å². The van der Waals surface area contributed by atoms with Crippen LogP contribution in [-0.4, -0.2) is 49.1 Å². The van der Waals surface area contributed by atoms with Gasteiger partial charge in [0.05, 0.1) is 12.6 Å². The monoisotopic (exact) mass is 264 g/mol. The van der Waals surface area contributed by atoms with Gasteiger partial charge in [0.1, 0.15) is 6.04 Å². The predicted molar refractivity (Wildman–Crippen MR) is 73.4 cm³/mol. The smallest absolute Gasteiger partial charge is 0.234 e. The molecule has 5 heteroatoms. The molecule has 1 aliphatic carbocycles. The number of nitrogens with zero attached hydrogens (tertiary/aromatic N) is 2. The minimum Gasteiger partial charge on any atom is -0.352 e. The summed E-state index contributed by atoms with van der Waals surface area (Å²) in [6, 6.07) is 2.42. The first-order chi connectivity index (χ1) is 9.19. The van der Waals surface area contributed by atoms with Crippen molar-refractivity contribution < 1.29 is 4.79 Å². The van der Waals surface area contributed by atoms with Gasteiger partial charge in [-0.25, -0.2) is 0 Å². The molecule has 0 bridgehead atoms. The van der Waals surface area contributed by atoms with Gasteiger partial charge in [-0.1, -0.05) is 6.92 Å². The second kappa shape index (κ2) is 6.88. The maximum atomic E-state index is 12.0. The molecule has 19 heavy (non-hydrogen) atoms. The maximum absolute atomic E-state index is 12.0. The van der Waals surface area contributed by atoms with Crippen molar-refractivity contribution in [2.45, 2.75) is 44.7 Å². The molecule has 106 valence electrons. The van der Waals surface area contributed by atoms with Crippen molar-refractivity contribution in [3.05, 3.63) is 0 Å². The third kappa shape index (κ3) is 4.19. The summed E-state index contributed by atoms with van der Waals surface area (Å²) in [5, 5.41) is 15.4. The van der Waals surface area contributed by atoms with E-state index in [1.54, 1.807) is 0 Å². The van der Waals surface area contributed by atoms with Crippen LogP contribution in [0.15, 0.2) is 0 Å². The number of hydrogen-bond donors (Lipinski definition) is 2. The van der Waals surface area contributed by atoms with Crippen molar-refractivity contribution in [3.63, 3.8) is 0 Å². The highest BCUT2D eigenvalue weighted by Crippen LogP contribution is 2.23. The first kappa shape index (κ1) is 14.3. The van der Waals surface area contributed by atoms with Crippen LogP contribution in [0.4, 0.5) is 0 Å². The topological polar surface area (TPSA) is 68.2 Å². The molecule has 1 aliphatic heterocycles. The van der Waals surface area contributed by atoms with Crippen molar-refractivity contribution in [3.8, 4) is 6.07 Å². The zero-order chi connectivity index (χ0) is 13.7. The fourth-order valence-corrected chi connectivity index (χ4v) is 2.93. The standard InChI is InChI=1S/C14H24N4O/c1-11-2-4-12(5-3-11)17-14(19)10-18-7-6-16-9-13(18)8-15/h11-13,16H,2-7,9-10H2,1H3,(H,17,19). The minimum atomic E-state index is -0.175. The summed E-state index contributed by atoms with van der Waals surface area (Å²) in [7, 11) is 0. The van der Waals surface area contributed by atoms with Crippen LogP contribution >= 0.6 is 0 Å². The van der Waals surface area contributed by atoms with Gasteiger partial charge in [-0.3, -0.25) is 9.69 Å². The summed E-state index contributed by atoms with van der Waals surface area (Å²) in [5.41, 5.74) is 0. The molecule has 2 N–H and O–H groups in total. The van der Waals surface area contributed by atoms with Gasteiger partial charge in [0.2, 0.25) is 5.91 Å². The van der Waals surface area contributed by atoms with Crippen LogP contribution in [-0.2, 0) is 4.79 Å². The van der Waals surface area contributed by atoms with Gasteiger partial charge in [-0.2, -0.15) is 5.26 Å². The maximum Gasteiger partial charge on any atom is 0.234 e. The van der Waals surface area contributed by atoms with Gasteiger partial charge in [0, 0.05) is 25.7 Å². The Morgan fingerprint density at radius 3 is 2.84 bits per heavy atom. The van der Waals surface area contributed by atoms with Gasteiger partial charge in [-0.15, -0.1) is 0 Å². The van der Waals surface area contributed by atoms with Crippen molar-refractivity contribution in [2.24, 2.45) is 5.92 Å². The first-order valence-corrected chi connectivity index (χ1v) is 7.32. The molecule has 2 rings (SSSR count). The number of amides is 1. The number of nitriles is 1. The molecule has 0 radical (unpaired) electrons. The van der Waals surface area contributed by atoms with E-state index in [0.29, 0.717) is 19.1 Å². The molecule has 1 unspecified atom stereocenters. The lowest BCUT2D eigenvalue weighted by Crippen LogP contribution is -2.54. The van der Waals surface area contributed by atoms with E-state index < -0.39 is 0 Å². The molecule has 0 aromatic heterocycles. The van der Waals surface area contributed by atoms with Gasteiger partial charge >= 0.3 is 0 Å². The molecule has 0 aromatic carbocycles. The Bertz CT molecular complexity index is 344. The van der Waals surface area contributed by atoms with Crippen LogP contribution in [0.1, 0.15) is 32.6 Å². The third-order valence-electron chi connectivity index (χ3n) is 4.23. The number of piperazine rings is 1. The Labute approximate surface area is 115 Å². The largest absolute Gasteiger partial charge is 0.352 e. The number of nitrogens with one attached hydrogen (secondary N) is 2. The van der Waals surface area contributed by atoms with Gasteiger partial charge in [0.25, 0.3) is 0 Å². The van der Waals surface area contributed by atoms with E-state index in [4.69, 9.17) is 5.26 Å². The lowest BCUT2D eigenvalue weighted by molar-refractivity contribution is -0.123. The van der Waals surface area contributed by atoms with Crippen molar-refractivity contribution in [1.82, 2.24) is 15.5 Å². The molecule has 2 aliphatic rings. The number of carbonyl (C=O) groups is 1. The lowest BCUT2D eigenvalue weighted by atomic mass is 9.87. The lowest BCUT2D eigenvalue weighted by Gasteiger charge is -2.32. The Morgan fingerprint density at radius 2 is 2.16 bits per heavy atom. The second-order valence-electron chi connectivity index (χ2n) is 5.84. The highest BCUT2D eigenvalue weighted by Gasteiger charge is 2.25. The molecule has 2 fully saturated rings. The molecule has 0 spiro atoms. The average molecular weight is 264 g/mol. The van der Waals surface area contributed by atoms with Crippen LogP contribution in [0.3, 0.4) is 0 Å². The molecule has 1 heterocycles. The van der Waals surface area contributed by atoms with Crippen molar-refractivity contribution >= 4 is 5.91 Å². The van der Waals surface area contributed by atoms with E-state index in [-0.39, 0.29) is 11.9 Å². The van der Waals surface area contributed by atoms with Crippen LogP contribution in [0.5, 0.6) is 0 Å². The molecular weight excluding hydrogens is 240 g/mol. The number of carbonyl (C=O) groups excluding carboxylic acids is 1. The SMILES string of the molecule is CC1CCC(NC(=O)CN2CCNCC2C#N)CC1. The summed E-state index contributed by atoms with van der Waals surface area (Å²) in [6.07, 6.45) is 4.60. The Morgan fingerprint density at radius 1 is 1.42 bits per heavy atom. The zero-order valence-electron chi connectivity index (χ0n) is 11.7. The van der Waals surface area contributed by atoms with E-state index in [1.807, 2.05) is 4.90 Å². The second-order valence-corrected chi connectivity index (χ2v) is 5.84. The highest BCUT2D eigenvalue weighted by atomic mass is 16.2. The van der Waals surface area contributed by atoms with Gasteiger partial charge < -0.3 is 10.6 Å². The first-order valence-electron chi connectivity index (χ1n) is 7.32. The minimum absolute atomic E-state index is 0.0710. The van der Waals surface area contributed by atoms with Crippen LogP contribution in [0, 0.1) is 17.2 Å². The Balaban J connectivity index is 1.76. The molecule has 1 saturated carbocycles. The fraction of sp³-hybridized carbons (Fsp3) is 0.857. The molecule has 0 aromatic rings. The third-order valence-corrected chi connectivity index (χ3v) is 4.23. The quantitative estimate of drug-likeness (QED) is 0.778. The van der Waals surface area contributed by atoms with E-state index in [9.17, 15) is 4.79 Å². The summed E-state index contributed by atoms with van der Waals surface area (Å²) in [5.74, 6) is 0.867. The van der Waals surface area contributed by atoms with Gasteiger partial charge in [0.15, 0.2) is 0 Å². The molecule has 1 saturated heterocycles. The average Bonchev–Trinajstić information content (AvgIpc) is 2.42.